The van der Waals surface area contributed by atoms with Gasteiger partial charge in [-0.3, -0.25) is 4.79 Å². The van der Waals surface area contributed by atoms with E-state index >= 15 is 0 Å². The Labute approximate surface area is 173 Å². The van der Waals surface area contributed by atoms with Gasteiger partial charge in [0.15, 0.2) is 0 Å². The summed E-state index contributed by atoms with van der Waals surface area (Å²) in [7, 11) is 0. The summed E-state index contributed by atoms with van der Waals surface area (Å²) < 4.78 is 28.6. The Hall–Kier alpha value is -2.97. The van der Waals surface area contributed by atoms with Gasteiger partial charge in [-0.1, -0.05) is 35.5 Å². The van der Waals surface area contributed by atoms with Gasteiger partial charge in [0.2, 0.25) is 5.91 Å². The molecule has 0 atom stereocenters. The van der Waals surface area contributed by atoms with Crippen LogP contribution >= 0.6 is 23.4 Å². The summed E-state index contributed by atoms with van der Waals surface area (Å²) in [5.74, 6) is -1.83. The van der Waals surface area contributed by atoms with E-state index in [1.54, 1.807) is 29.0 Å². The van der Waals surface area contributed by atoms with E-state index in [4.69, 9.17) is 11.6 Å². The van der Waals surface area contributed by atoms with Crippen molar-refractivity contribution in [3.63, 3.8) is 0 Å². The molecule has 0 aliphatic heterocycles. The Kier molecular flexibility index (Phi) is 5.46. The number of hydrogen-bond acceptors (Lipinski definition) is 4. The van der Waals surface area contributed by atoms with E-state index in [-0.39, 0.29) is 11.4 Å². The average Bonchev–Trinajstić information content (AvgIpc) is 3.14. The van der Waals surface area contributed by atoms with Crippen LogP contribution in [0.4, 0.5) is 14.5 Å². The van der Waals surface area contributed by atoms with Gasteiger partial charge in [0.05, 0.1) is 22.7 Å². The molecule has 0 spiro atoms. The maximum absolute atomic E-state index is 13.7. The summed E-state index contributed by atoms with van der Waals surface area (Å²) in [4.78, 5) is 16.5. The Morgan fingerprint density at radius 2 is 1.93 bits per heavy atom. The predicted molar refractivity (Wildman–Crippen MR) is 109 cm³/mol. The largest absolute Gasteiger partial charge is 0.323 e. The molecule has 4 aromatic rings. The van der Waals surface area contributed by atoms with Crippen LogP contribution < -0.4 is 5.32 Å². The van der Waals surface area contributed by atoms with Gasteiger partial charge in [-0.25, -0.2) is 18.3 Å². The Morgan fingerprint density at radius 1 is 1.14 bits per heavy atom. The molecule has 0 unspecified atom stereocenters. The maximum atomic E-state index is 13.7. The molecule has 0 bridgehead atoms. The van der Waals surface area contributed by atoms with E-state index in [1.165, 1.54) is 11.8 Å². The fraction of sp³-hybridized carbons (Fsp3) is 0.0500. The summed E-state index contributed by atoms with van der Waals surface area (Å²) in [5, 5.41) is 8.11. The summed E-state index contributed by atoms with van der Waals surface area (Å²) in [6.45, 7) is 0. The quantitative estimate of drug-likeness (QED) is 0.450. The number of anilines is 1. The summed E-state index contributed by atoms with van der Waals surface area (Å²) >= 11 is 7.11. The molecule has 9 heteroatoms. The third-order valence-corrected chi connectivity index (χ3v) is 5.28. The highest BCUT2D eigenvalue weighted by molar-refractivity contribution is 8.00. The molecule has 146 valence electrons. The minimum Gasteiger partial charge on any atom is -0.323 e. The van der Waals surface area contributed by atoms with Gasteiger partial charge >= 0.3 is 0 Å². The highest BCUT2D eigenvalue weighted by Gasteiger charge is 2.13. The second kappa shape index (κ2) is 8.18. The molecule has 0 aliphatic carbocycles. The molecule has 0 aliphatic rings. The van der Waals surface area contributed by atoms with Gasteiger partial charge in [-0.2, -0.15) is 5.10 Å². The lowest BCUT2D eigenvalue weighted by Gasteiger charge is -2.06. The lowest BCUT2D eigenvalue weighted by molar-refractivity contribution is -0.113. The van der Waals surface area contributed by atoms with Crippen LogP contribution in [-0.2, 0) is 4.79 Å². The van der Waals surface area contributed by atoms with Crippen molar-refractivity contribution in [3.8, 4) is 11.3 Å². The topological polar surface area (TPSA) is 59.3 Å². The molecular weight excluding hydrogens is 418 g/mol. The van der Waals surface area contributed by atoms with Crippen molar-refractivity contribution < 1.29 is 13.6 Å². The second-order valence-electron chi connectivity index (χ2n) is 6.06. The first kappa shape index (κ1) is 19.4. The van der Waals surface area contributed by atoms with Crippen LogP contribution in [0.3, 0.4) is 0 Å². The number of carbonyl (C=O) groups excluding carboxylic acids is 1. The smallest absolute Gasteiger partial charge is 0.234 e. The number of halogens is 3. The molecule has 2 aromatic carbocycles. The van der Waals surface area contributed by atoms with Crippen molar-refractivity contribution >= 4 is 40.5 Å². The number of hydrogen-bond donors (Lipinski definition) is 1. The third kappa shape index (κ3) is 4.38. The summed E-state index contributed by atoms with van der Waals surface area (Å²) in [6, 6.07) is 12.0. The van der Waals surface area contributed by atoms with E-state index in [9.17, 15) is 13.6 Å². The number of fused-ring (bicyclic) bond motifs is 1. The first-order valence-electron chi connectivity index (χ1n) is 8.47. The van der Waals surface area contributed by atoms with Crippen LogP contribution in [0.25, 0.3) is 16.8 Å². The monoisotopic (exact) mass is 430 g/mol. The molecule has 4 rings (SSSR count). The lowest BCUT2D eigenvalue weighted by Crippen LogP contribution is -2.15. The number of benzene rings is 2. The fourth-order valence-electron chi connectivity index (χ4n) is 2.68. The predicted octanol–water partition coefficient (Wildman–Crippen LogP) is 5.06. The number of rotatable bonds is 5. The van der Waals surface area contributed by atoms with E-state index in [0.717, 1.165) is 35.0 Å². The zero-order chi connectivity index (χ0) is 20.4. The number of nitrogens with zero attached hydrogens (tertiary/aromatic N) is 3. The van der Waals surface area contributed by atoms with Gasteiger partial charge in [0.1, 0.15) is 16.7 Å². The first-order valence-corrected chi connectivity index (χ1v) is 9.84. The third-order valence-electron chi connectivity index (χ3n) is 4.04. The van der Waals surface area contributed by atoms with Crippen LogP contribution in [0, 0.1) is 11.6 Å². The number of amides is 1. The van der Waals surface area contributed by atoms with E-state index in [0.29, 0.717) is 10.0 Å². The van der Waals surface area contributed by atoms with Crippen LogP contribution in [0.5, 0.6) is 0 Å². The van der Waals surface area contributed by atoms with Crippen LogP contribution in [0.15, 0.2) is 66.0 Å². The molecule has 0 radical (unpaired) electrons. The van der Waals surface area contributed by atoms with Crippen LogP contribution in [0.2, 0.25) is 5.02 Å². The van der Waals surface area contributed by atoms with Gasteiger partial charge in [-0.15, -0.1) is 0 Å². The van der Waals surface area contributed by atoms with Gasteiger partial charge in [0.25, 0.3) is 0 Å². The van der Waals surface area contributed by atoms with Crippen molar-refractivity contribution in [1.29, 1.82) is 0 Å². The Morgan fingerprint density at radius 3 is 2.72 bits per heavy atom. The fourth-order valence-corrected chi connectivity index (χ4v) is 3.59. The highest BCUT2D eigenvalue weighted by Crippen LogP contribution is 2.27. The number of aromatic nitrogens is 3. The molecule has 0 fully saturated rings. The highest BCUT2D eigenvalue weighted by atomic mass is 35.5. The van der Waals surface area contributed by atoms with Crippen molar-refractivity contribution in [2.75, 3.05) is 11.1 Å². The molecule has 0 saturated carbocycles. The Bertz CT molecular complexity index is 1200. The minimum absolute atomic E-state index is 0.0237. The lowest BCUT2D eigenvalue weighted by atomic mass is 10.1. The zero-order valence-corrected chi connectivity index (χ0v) is 16.3. The van der Waals surface area contributed by atoms with Crippen molar-refractivity contribution in [2.45, 2.75) is 5.03 Å². The van der Waals surface area contributed by atoms with Gasteiger partial charge in [0, 0.05) is 29.0 Å². The summed E-state index contributed by atoms with van der Waals surface area (Å²) in [6.07, 6.45) is 3.29. The number of thioether (sulfide) groups is 1. The van der Waals surface area contributed by atoms with Crippen molar-refractivity contribution in [3.05, 3.63) is 77.6 Å². The van der Waals surface area contributed by atoms with E-state index in [1.807, 2.05) is 18.2 Å². The summed E-state index contributed by atoms with van der Waals surface area (Å²) in [5.41, 5.74) is 2.17. The average molecular weight is 431 g/mol. The van der Waals surface area contributed by atoms with Crippen LogP contribution in [0.1, 0.15) is 0 Å². The number of nitrogens with one attached hydrogen (secondary N) is 1. The normalized spacial score (nSPS) is 11.0. The first-order chi connectivity index (χ1) is 14.0. The SMILES string of the molecule is O=C(CSc1nccn2nc(-c3ccc(Cl)cc3)cc12)Nc1cc(F)ccc1F. The van der Waals surface area contributed by atoms with Crippen molar-refractivity contribution in [1.82, 2.24) is 14.6 Å². The van der Waals surface area contributed by atoms with Crippen molar-refractivity contribution in [2.24, 2.45) is 0 Å². The second-order valence-corrected chi connectivity index (χ2v) is 7.46. The molecule has 0 saturated heterocycles. The minimum atomic E-state index is -0.701. The van der Waals surface area contributed by atoms with E-state index < -0.39 is 17.5 Å². The van der Waals surface area contributed by atoms with Gasteiger partial charge in [-0.05, 0) is 30.3 Å². The molecular formula is C20H13ClF2N4OS. The van der Waals surface area contributed by atoms with Gasteiger partial charge < -0.3 is 5.32 Å². The van der Waals surface area contributed by atoms with Crippen LogP contribution in [-0.4, -0.2) is 26.3 Å². The molecule has 29 heavy (non-hydrogen) atoms. The molecule has 1 N–H and O–H groups in total. The molecule has 2 aromatic heterocycles. The Balaban J connectivity index is 1.51. The molecule has 5 nitrogen and oxygen atoms in total. The zero-order valence-electron chi connectivity index (χ0n) is 14.8. The number of carbonyl (C=O) groups is 1. The molecule has 2 heterocycles. The van der Waals surface area contributed by atoms with E-state index in [2.05, 4.69) is 15.4 Å². The maximum Gasteiger partial charge on any atom is 0.234 e. The standard InChI is InChI=1S/C20H13ClF2N4OS/c21-13-3-1-12(2-4-13)16-10-18-20(24-7-8-27(18)26-16)29-11-19(28)25-17-9-14(22)5-6-15(17)23/h1-10H,11H2,(H,25,28). The molecule has 1 amide bonds.